The molecule has 0 aliphatic carbocycles. The quantitative estimate of drug-likeness (QED) is 0.783. The van der Waals surface area contributed by atoms with Crippen molar-refractivity contribution in [2.45, 2.75) is 32.5 Å². The number of primary amides is 1. The first-order valence-electron chi connectivity index (χ1n) is 8.60. The van der Waals surface area contributed by atoms with E-state index in [1.54, 1.807) is 0 Å². The Labute approximate surface area is 151 Å². The molecule has 0 spiro atoms. The van der Waals surface area contributed by atoms with Gasteiger partial charge in [0.2, 0.25) is 5.91 Å². The van der Waals surface area contributed by atoms with Crippen LogP contribution in [0, 0.1) is 6.92 Å². The summed E-state index contributed by atoms with van der Waals surface area (Å²) in [4.78, 5) is 18.5. The van der Waals surface area contributed by atoms with E-state index in [0.29, 0.717) is 31.2 Å². The highest BCUT2D eigenvalue weighted by atomic mass is 16.5. The second kappa shape index (κ2) is 6.72. The number of benzene rings is 2. The Balaban J connectivity index is 1.58. The van der Waals surface area contributed by atoms with Gasteiger partial charge in [-0.1, -0.05) is 47.6 Å². The van der Waals surface area contributed by atoms with E-state index in [1.165, 1.54) is 11.1 Å². The van der Waals surface area contributed by atoms with Gasteiger partial charge >= 0.3 is 0 Å². The van der Waals surface area contributed by atoms with E-state index in [0.717, 1.165) is 11.1 Å². The lowest BCUT2D eigenvalue weighted by molar-refractivity contribution is -0.124. The van der Waals surface area contributed by atoms with Gasteiger partial charge in [-0.3, -0.25) is 9.69 Å². The van der Waals surface area contributed by atoms with Gasteiger partial charge in [0.25, 0.3) is 5.89 Å². The van der Waals surface area contributed by atoms with Crippen LogP contribution in [0.1, 0.15) is 22.5 Å². The zero-order chi connectivity index (χ0) is 18.1. The summed E-state index contributed by atoms with van der Waals surface area (Å²) in [7, 11) is 0. The summed E-state index contributed by atoms with van der Waals surface area (Å²) in [6.45, 7) is 3.05. The average Bonchev–Trinajstić information content (AvgIpc) is 3.09. The molecule has 0 fully saturated rings. The first-order valence-corrected chi connectivity index (χ1v) is 8.60. The summed E-state index contributed by atoms with van der Waals surface area (Å²) in [5.74, 6) is 0.710. The smallest absolute Gasteiger partial charge is 0.258 e. The summed E-state index contributed by atoms with van der Waals surface area (Å²) in [6, 6.07) is 15.6. The van der Waals surface area contributed by atoms with Gasteiger partial charge in [0.05, 0.1) is 12.6 Å². The van der Waals surface area contributed by atoms with Gasteiger partial charge in [-0.2, -0.15) is 4.98 Å². The van der Waals surface area contributed by atoms with Crippen molar-refractivity contribution >= 4 is 5.91 Å². The van der Waals surface area contributed by atoms with E-state index in [9.17, 15) is 4.79 Å². The van der Waals surface area contributed by atoms with E-state index < -0.39 is 0 Å². The van der Waals surface area contributed by atoms with Gasteiger partial charge in [0, 0.05) is 12.1 Å². The molecule has 2 heterocycles. The van der Waals surface area contributed by atoms with Crippen LogP contribution in [0.5, 0.6) is 0 Å². The van der Waals surface area contributed by atoms with Crippen molar-refractivity contribution in [2.24, 2.45) is 5.73 Å². The zero-order valence-corrected chi connectivity index (χ0v) is 14.6. The van der Waals surface area contributed by atoms with Gasteiger partial charge in [0.15, 0.2) is 5.82 Å². The lowest BCUT2D eigenvalue weighted by Gasteiger charge is -2.34. The second-order valence-electron chi connectivity index (χ2n) is 6.63. The molecular formula is C20H20N4O2. The highest BCUT2D eigenvalue weighted by molar-refractivity contribution is 5.80. The largest absolute Gasteiger partial charge is 0.368 e. The molecule has 6 nitrogen and oxygen atoms in total. The first kappa shape index (κ1) is 16.5. The molecule has 2 N–H and O–H groups in total. The fourth-order valence-electron chi connectivity index (χ4n) is 3.45. The van der Waals surface area contributed by atoms with Crippen molar-refractivity contribution in [2.75, 3.05) is 0 Å². The summed E-state index contributed by atoms with van der Waals surface area (Å²) in [5, 5.41) is 4.10. The first-order chi connectivity index (χ1) is 12.6. The summed E-state index contributed by atoms with van der Waals surface area (Å²) in [6.07, 6.45) is 0.605. The van der Waals surface area contributed by atoms with Crippen LogP contribution >= 0.6 is 0 Å². The van der Waals surface area contributed by atoms with Gasteiger partial charge in [-0.05, 0) is 36.1 Å². The van der Waals surface area contributed by atoms with Crippen LogP contribution in [-0.4, -0.2) is 27.0 Å². The molecule has 1 aliphatic rings. The van der Waals surface area contributed by atoms with Gasteiger partial charge in [-0.25, -0.2) is 0 Å². The molecule has 26 heavy (non-hydrogen) atoms. The van der Waals surface area contributed by atoms with Gasteiger partial charge in [0.1, 0.15) is 0 Å². The highest BCUT2D eigenvalue weighted by Gasteiger charge is 2.31. The number of rotatable bonds is 4. The fourth-order valence-corrected chi connectivity index (χ4v) is 3.45. The monoisotopic (exact) mass is 348 g/mol. The SMILES string of the molecule is Cc1ccccc1-c1nc(CN2Cc3ccccc3C[C@H]2C(N)=O)no1. The summed E-state index contributed by atoms with van der Waals surface area (Å²) < 4.78 is 5.43. The third kappa shape index (κ3) is 3.11. The molecule has 4 rings (SSSR count). The standard InChI is InChI=1S/C20H20N4O2/c1-13-6-2-5-9-16(13)20-22-18(23-26-20)12-24-11-15-8-4-3-7-14(15)10-17(24)19(21)25/h2-9,17H,10-12H2,1H3,(H2,21,25)/t17-/m0/s1. The van der Waals surface area contributed by atoms with Crippen molar-refractivity contribution in [1.29, 1.82) is 0 Å². The van der Waals surface area contributed by atoms with Crippen LogP contribution in [0.25, 0.3) is 11.5 Å². The zero-order valence-electron chi connectivity index (χ0n) is 14.6. The Bertz CT molecular complexity index is 950. The summed E-state index contributed by atoms with van der Waals surface area (Å²) >= 11 is 0. The van der Waals surface area contributed by atoms with Crippen molar-refractivity contribution in [3.8, 4) is 11.5 Å². The minimum atomic E-state index is -0.370. The molecule has 1 aromatic heterocycles. The molecule has 1 atom stereocenters. The van der Waals surface area contributed by atoms with Crippen molar-refractivity contribution in [3.05, 3.63) is 71.0 Å². The van der Waals surface area contributed by atoms with Crippen LogP contribution in [-0.2, 0) is 24.3 Å². The molecule has 1 amide bonds. The van der Waals surface area contributed by atoms with Crippen molar-refractivity contribution < 1.29 is 9.32 Å². The Morgan fingerprint density at radius 2 is 1.92 bits per heavy atom. The predicted octanol–water partition coefficient (Wildman–Crippen LogP) is 2.46. The number of aromatic nitrogens is 2. The Hall–Kier alpha value is -2.99. The topological polar surface area (TPSA) is 85.3 Å². The molecule has 0 saturated carbocycles. The molecule has 0 radical (unpaired) electrons. The van der Waals surface area contributed by atoms with Gasteiger partial charge < -0.3 is 10.3 Å². The number of carbonyl (C=O) groups is 1. The summed E-state index contributed by atoms with van der Waals surface area (Å²) in [5.41, 5.74) is 10.0. The van der Waals surface area contributed by atoms with E-state index in [2.05, 4.69) is 16.2 Å². The van der Waals surface area contributed by atoms with Crippen LogP contribution in [0.15, 0.2) is 53.1 Å². The Kier molecular flexibility index (Phi) is 4.26. The fraction of sp³-hybridized carbons (Fsp3) is 0.250. The lowest BCUT2D eigenvalue weighted by Crippen LogP contribution is -2.48. The number of aryl methyl sites for hydroxylation is 1. The number of hydrogen-bond acceptors (Lipinski definition) is 5. The normalized spacial score (nSPS) is 17.0. The molecule has 6 heteroatoms. The molecular weight excluding hydrogens is 328 g/mol. The maximum atomic E-state index is 12.0. The predicted molar refractivity (Wildman–Crippen MR) is 96.8 cm³/mol. The highest BCUT2D eigenvalue weighted by Crippen LogP contribution is 2.26. The average molecular weight is 348 g/mol. The van der Waals surface area contributed by atoms with E-state index in [4.69, 9.17) is 10.3 Å². The minimum Gasteiger partial charge on any atom is -0.368 e. The molecule has 3 aromatic rings. The number of fused-ring (bicyclic) bond motifs is 1. The van der Waals surface area contributed by atoms with E-state index in [-0.39, 0.29) is 11.9 Å². The molecule has 1 aliphatic heterocycles. The molecule has 0 bridgehead atoms. The molecule has 0 unspecified atom stereocenters. The second-order valence-corrected chi connectivity index (χ2v) is 6.63. The third-order valence-electron chi connectivity index (χ3n) is 4.86. The number of amides is 1. The molecule has 132 valence electrons. The van der Waals surface area contributed by atoms with Crippen molar-refractivity contribution in [1.82, 2.24) is 15.0 Å². The maximum absolute atomic E-state index is 12.0. The van der Waals surface area contributed by atoms with Crippen LogP contribution in [0.2, 0.25) is 0 Å². The van der Waals surface area contributed by atoms with Crippen LogP contribution in [0.4, 0.5) is 0 Å². The minimum absolute atomic E-state index is 0.331. The van der Waals surface area contributed by atoms with Crippen LogP contribution in [0.3, 0.4) is 0 Å². The molecule has 2 aromatic carbocycles. The molecule has 0 saturated heterocycles. The number of nitrogens with zero attached hydrogens (tertiary/aromatic N) is 3. The maximum Gasteiger partial charge on any atom is 0.258 e. The third-order valence-corrected chi connectivity index (χ3v) is 4.86. The number of carbonyl (C=O) groups excluding carboxylic acids is 1. The Morgan fingerprint density at radius 1 is 1.19 bits per heavy atom. The van der Waals surface area contributed by atoms with Crippen LogP contribution < -0.4 is 5.73 Å². The van der Waals surface area contributed by atoms with E-state index >= 15 is 0 Å². The number of nitrogens with two attached hydrogens (primary N) is 1. The number of hydrogen-bond donors (Lipinski definition) is 1. The van der Waals surface area contributed by atoms with E-state index in [1.807, 2.05) is 54.3 Å². The van der Waals surface area contributed by atoms with Gasteiger partial charge in [-0.15, -0.1) is 0 Å². The lowest BCUT2D eigenvalue weighted by atomic mass is 9.93. The Morgan fingerprint density at radius 3 is 2.69 bits per heavy atom. The van der Waals surface area contributed by atoms with Crippen molar-refractivity contribution in [3.63, 3.8) is 0 Å².